The molecule has 0 aromatic rings. The zero-order valence-electron chi connectivity index (χ0n) is 34.6. The number of piperazine rings is 1. The molecule has 10 rings (SSSR count). The third-order valence-electron chi connectivity index (χ3n) is 14.1. The van der Waals surface area contributed by atoms with E-state index in [1.807, 2.05) is 0 Å². The molecule has 4 heterocycles. The molecular formula is C44H90N8O. The molecule has 0 aromatic heterocycles. The molecule has 0 amide bonds. The van der Waals surface area contributed by atoms with Crippen LogP contribution in [0.25, 0.3) is 0 Å². The Morgan fingerprint density at radius 1 is 0.453 bits per heavy atom. The number of piperidine rings is 2. The van der Waals surface area contributed by atoms with Crippen LogP contribution in [-0.4, -0.2) is 91.2 Å². The highest BCUT2D eigenvalue weighted by atomic mass is 16.5. The van der Waals surface area contributed by atoms with Gasteiger partial charge in [0.2, 0.25) is 0 Å². The zero-order valence-corrected chi connectivity index (χ0v) is 34.6. The van der Waals surface area contributed by atoms with Crippen LogP contribution in [0.4, 0.5) is 0 Å². The molecular weight excluding hydrogens is 657 g/mol. The van der Waals surface area contributed by atoms with Crippen LogP contribution in [0.3, 0.4) is 0 Å². The summed E-state index contributed by atoms with van der Waals surface area (Å²) in [5.74, 6) is 7.05. The van der Waals surface area contributed by atoms with Crippen LogP contribution >= 0.6 is 0 Å². The first-order chi connectivity index (χ1) is 26.0. The van der Waals surface area contributed by atoms with Gasteiger partial charge in [-0.25, -0.2) is 0 Å². The predicted octanol–water partition coefficient (Wildman–Crippen LogP) is 5.50. The normalized spacial score (nSPS) is 32.6. The van der Waals surface area contributed by atoms with Crippen molar-refractivity contribution in [1.82, 2.24) is 21.3 Å². The second-order valence-electron chi connectivity index (χ2n) is 18.7. The van der Waals surface area contributed by atoms with Gasteiger partial charge in [-0.15, -0.1) is 0 Å². The molecule has 10 fully saturated rings. The predicted molar refractivity (Wildman–Crippen MR) is 226 cm³/mol. The average Bonchev–Trinajstić information content (AvgIpc) is 3.92. The largest absolute Gasteiger partial charge is 0.377 e. The minimum atomic E-state index is 0.375. The van der Waals surface area contributed by atoms with Crippen LogP contribution in [0.15, 0.2) is 0 Å². The van der Waals surface area contributed by atoms with Gasteiger partial charge in [0.25, 0.3) is 0 Å². The van der Waals surface area contributed by atoms with Crippen molar-refractivity contribution in [3.63, 3.8) is 0 Å². The smallest absolute Gasteiger partial charge is 0.0698 e. The van der Waals surface area contributed by atoms with Gasteiger partial charge in [0, 0.05) is 39.3 Å². The van der Waals surface area contributed by atoms with Crippen LogP contribution in [-0.2, 0) is 4.74 Å². The number of rotatable bonds is 8. The van der Waals surface area contributed by atoms with E-state index in [1.165, 1.54) is 161 Å². The highest BCUT2D eigenvalue weighted by molar-refractivity contribution is 5.01. The minimum Gasteiger partial charge on any atom is -0.377 e. The van der Waals surface area contributed by atoms with Crippen molar-refractivity contribution in [2.24, 2.45) is 69.8 Å². The van der Waals surface area contributed by atoms with Gasteiger partial charge in [-0.05, 0) is 195 Å². The van der Waals surface area contributed by atoms with E-state index in [1.54, 1.807) is 0 Å². The van der Waals surface area contributed by atoms with Gasteiger partial charge in [0.15, 0.2) is 0 Å². The highest BCUT2D eigenvalue weighted by Gasteiger charge is 2.49. The summed E-state index contributed by atoms with van der Waals surface area (Å²) in [4.78, 5) is 0. The van der Waals surface area contributed by atoms with Gasteiger partial charge >= 0.3 is 0 Å². The van der Waals surface area contributed by atoms with Crippen molar-refractivity contribution in [3.05, 3.63) is 0 Å². The fourth-order valence-electron chi connectivity index (χ4n) is 10.8. The zero-order chi connectivity index (χ0) is 37.4. The third kappa shape index (κ3) is 19.1. The van der Waals surface area contributed by atoms with E-state index >= 15 is 0 Å². The van der Waals surface area contributed by atoms with Gasteiger partial charge in [-0.3, -0.25) is 0 Å². The quantitative estimate of drug-likeness (QED) is 0.160. The van der Waals surface area contributed by atoms with Crippen LogP contribution in [0, 0.1) is 46.8 Å². The van der Waals surface area contributed by atoms with Crippen LogP contribution in [0.1, 0.15) is 141 Å². The number of ether oxygens (including phenoxy) is 1. The molecule has 0 aromatic carbocycles. The fourth-order valence-corrected chi connectivity index (χ4v) is 10.8. The molecule has 10 aliphatic rings. The van der Waals surface area contributed by atoms with Gasteiger partial charge in [0.1, 0.15) is 0 Å². The lowest BCUT2D eigenvalue weighted by atomic mass is 9.50. The van der Waals surface area contributed by atoms with E-state index in [9.17, 15) is 0 Å². The summed E-state index contributed by atoms with van der Waals surface area (Å²) >= 11 is 0. The highest BCUT2D eigenvalue weighted by Crippen LogP contribution is 2.59. The Hall–Kier alpha value is -0.360. The lowest BCUT2D eigenvalue weighted by Crippen LogP contribution is -2.49. The molecule has 6 aliphatic carbocycles. The summed E-state index contributed by atoms with van der Waals surface area (Å²) in [6.07, 6.45) is 31.7. The molecule has 1 atom stereocenters. The Bertz CT molecular complexity index is 797. The molecule has 4 bridgehead atoms. The Balaban J connectivity index is 0.000000148. The topological polar surface area (TPSA) is 161 Å². The molecule has 312 valence electrons. The monoisotopic (exact) mass is 747 g/mol. The van der Waals surface area contributed by atoms with Crippen LogP contribution < -0.4 is 44.2 Å². The Labute approximate surface area is 327 Å². The molecule has 0 spiro atoms. The molecule has 53 heavy (non-hydrogen) atoms. The standard InChI is InChI=1S/C13H26N2.C11H19N.C7H15N.C5H11NO.C4H10N2.C4H9N/c1(2-12-4-8-14-9-5-12)3-13-6-10-15-11-7-13;12-7-11-4-8-1-9(5-11)3-10(2-8)6-11;8-6-7-4-2-1-3-5-7;6-4-5-2-1-3-7-5;1-2-6-4-3-5-1;5-3-4-1-2-4/h12-15H,1-11H2;8-10H,1-7,12H2;7H,1-6,8H2;5H,1-4,6H2;5-6H,1-4H2;4H,1-3,5H2. The molecule has 0 radical (unpaired) electrons. The first kappa shape index (κ1) is 45.3. The third-order valence-corrected chi connectivity index (χ3v) is 14.1. The number of hydrogen-bond acceptors (Lipinski definition) is 9. The van der Waals surface area contributed by atoms with Crippen molar-refractivity contribution < 1.29 is 4.74 Å². The van der Waals surface area contributed by atoms with E-state index in [2.05, 4.69) is 21.3 Å². The van der Waals surface area contributed by atoms with E-state index in [0.717, 1.165) is 100 Å². The molecule has 4 saturated heterocycles. The minimum absolute atomic E-state index is 0.375. The van der Waals surface area contributed by atoms with Crippen molar-refractivity contribution in [1.29, 1.82) is 0 Å². The maximum absolute atomic E-state index is 5.93. The lowest BCUT2D eigenvalue weighted by molar-refractivity contribution is -0.0468. The van der Waals surface area contributed by atoms with Crippen molar-refractivity contribution in [3.8, 4) is 0 Å². The summed E-state index contributed by atoms with van der Waals surface area (Å²) in [5, 5.41) is 13.3. The average molecular weight is 747 g/mol. The second kappa shape index (κ2) is 27.3. The van der Waals surface area contributed by atoms with E-state index < -0.39 is 0 Å². The summed E-state index contributed by atoms with van der Waals surface area (Å²) in [7, 11) is 0. The number of nitrogens with two attached hydrogens (primary N) is 4. The summed E-state index contributed by atoms with van der Waals surface area (Å²) in [5.41, 5.74) is 22.6. The van der Waals surface area contributed by atoms with Gasteiger partial charge < -0.3 is 48.9 Å². The maximum atomic E-state index is 5.93. The molecule has 1 unspecified atom stereocenters. The SMILES string of the molecule is C(CC1CCNCC1)CC1CCNCC1.C1CNCCN1.NCC12CC3CC(CC(C3)C1)C2.NCC1CC1.NCC1CCCCC1.NCC1CCCO1. The molecule has 9 nitrogen and oxygen atoms in total. The van der Waals surface area contributed by atoms with E-state index in [0.29, 0.717) is 18.1 Å². The van der Waals surface area contributed by atoms with E-state index in [-0.39, 0.29) is 0 Å². The van der Waals surface area contributed by atoms with Crippen LogP contribution in [0.2, 0.25) is 0 Å². The molecule has 6 saturated carbocycles. The van der Waals surface area contributed by atoms with Crippen molar-refractivity contribution >= 4 is 0 Å². The maximum Gasteiger partial charge on any atom is 0.0698 e. The molecule has 9 heteroatoms. The Morgan fingerprint density at radius 3 is 1.21 bits per heavy atom. The van der Waals surface area contributed by atoms with Crippen LogP contribution in [0.5, 0.6) is 0 Å². The van der Waals surface area contributed by atoms with Gasteiger partial charge in [-0.2, -0.15) is 0 Å². The summed E-state index contributed by atoms with van der Waals surface area (Å²) < 4.78 is 5.18. The summed E-state index contributed by atoms with van der Waals surface area (Å²) in [6.45, 7) is 14.0. The molecule has 4 aliphatic heterocycles. The Morgan fingerprint density at radius 2 is 0.906 bits per heavy atom. The lowest BCUT2D eigenvalue weighted by Gasteiger charge is -2.56. The Kier molecular flexibility index (Phi) is 23.4. The van der Waals surface area contributed by atoms with Gasteiger partial charge in [0.05, 0.1) is 6.10 Å². The summed E-state index contributed by atoms with van der Waals surface area (Å²) in [6, 6.07) is 0. The van der Waals surface area contributed by atoms with Crippen molar-refractivity contribution in [2.45, 2.75) is 147 Å². The first-order valence-corrected chi connectivity index (χ1v) is 23.3. The molecule has 12 N–H and O–H groups in total. The second-order valence-corrected chi connectivity index (χ2v) is 18.7. The first-order valence-electron chi connectivity index (χ1n) is 23.3. The number of hydrogen-bond donors (Lipinski definition) is 8. The number of nitrogens with one attached hydrogen (secondary N) is 4. The van der Waals surface area contributed by atoms with Crippen molar-refractivity contribution in [2.75, 3.05) is 85.1 Å². The fraction of sp³-hybridized carbons (Fsp3) is 1.00. The van der Waals surface area contributed by atoms with E-state index in [4.69, 9.17) is 27.7 Å². The van der Waals surface area contributed by atoms with Gasteiger partial charge in [-0.1, -0.05) is 38.5 Å².